The van der Waals surface area contributed by atoms with Crippen molar-refractivity contribution in [1.29, 1.82) is 0 Å². The van der Waals surface area contributed by atoms with Crippen molar-refractivity contribution in [3.8, 4) is 5.75 Å². The summed E-state index contributed by atoms with van der Waals surface area (Å²) in [6.45, 7) is 18.1. The van der Waals surface area contributed by atoms with Crippen molar-refractivity contribution in [2.24, 2.45) is 5.92 Å². The third-order valence-corrected chi connectivity index (χ3v) is 5.21. The van der Waals surface area contributed by atoms with Crippen LogP contribution in [-0.4, -0.2) is 11.5 Å². The topological polar surface area (TPSA) is 38.7 Å². The lowest BCUT2D eigenvalue weighted by molar-refractivity contribution is 0.251. The van der Waals surface area contributed by atoms with Gasteiger partial charge in [0.15, 0.2) is 0 Å². The number of rotatable bonds is 9. The Morgan fingerprint density at radius 2 is 1.62 bits per heavy atom. The Labute approximate surface area is 162 Å². The van der Waals surface area contributed by atoms with Gasteiger partial charge < -0.3 is 13.9 Å². The fourth-order valence-electron chi connectivity index (χ4n) is 2.75. The van der Waals surface area contributed by atoms with Gasteiger partial charge in [0.05, 0.1) is 6.61 Å². The summed E-state index contributed by atoms with van der Waals surface area (Å²) in [5.74, 6) is 1.47. The molecule has 0 aromatic heterocycles. The van der Waals surface area contributed by atoms with Crippen molar-refractivity contribution in [1.82, 2.24) is 0 Å². The molecule has 1 N–H and O–H groups in total. The van der Waals surface area contributed by atoms with Crippen molar-refractivity contribution in [2.75, 3.05) is 6.61 Å². The highest BCUT2D eigenvalue weighted by atomic mass is 31.2. The van der Waals surface area contributed by atoms with Gasteiger partial charge in [-0.05, 0) is 34.8 Å². The molecule has 1 aromatic carbocycles. The van der Waals surface area contributed by atoms with E-state index in [1.807, 2.05) is 6.07 Å². The molecule has 0 aliphatic rings. The van der Waals surface area contributed by atoms with Gasteiger partial charge in [-0.25, -0.2) is 0 Å². The molecule has 0 fully saturated rings. The lowest BCUT2D eigenvalue weighted by Gasteiger charge is -2.27. The summed E-state index contributed by atoms with van der Waals surface area (Å²) in [7, 11) is -1.89. The quantitative estimate of drug-likeness (QED) is 0.365. The van der Waals surface area contributed by atoms with Crippen molar-refractivity contribution < 1.29 is 13.9 Å². The van der Waals surface area contributed by atoms with E-state index in [1.54, 1.807) is 0 Å². The Hall–Kier alpha value is -0.630. The minimum Gasteiger partial charge on any atom is -0.427 e. The highest BCUT2D eigenvalue weighted by Crippen LogP contribution is 2.42. The van der Waals surface area contributed by atoms with Gasteiger partial charge >= 0.3 is 8.60 Å². The molecule has 0 saturated carbocycles. The summed E-state index contributed by atoms with van der Waals surface area (Å²) in [6.07, 6.45) is 4.56. The Bertz CT molecular complexity index is 541. The number of hydrogen-bond donors (Lipinski definition) is 1. The second kappa shape index (κ2) is 10.1. The molecule has 26 heavy (non-hydrogen) atoms. The Balaban J connectivity index is 2.65. The van der Waals surface area contributed by atoms with E-state index in [0.717, 1.165) is 30.1 Å². The van der Waals surface area contributed by atoms with Crippen LogP contribution in [0, 0.1) is 5.92 Å². The van der Waals surface area contributed by atoms with E-state index >= 15 is 0 Å². The summed E-state index contributed by atoms with van der Waals surface area (Å²) in [6, 6.07) is 6.25. The first-order valence-electron chi connectivity index (χ1n) is 9.86. The standard InChI is InChI=1S/C22H39O3P/c1-17(2)12-10-9-11-15-24-26(23)25-20-14-13-18(21(3,4)5)16-19(20)22(6,7)8/h13-14,16-17,23H,9-12,15H2,1-8H3. The van der Waals surface area contributed by atoms with Gasteiger partial charge in [-0.15, -0.1) is 0 Å². The number of unbranched alkanes of at least 4 members (excludes halogenated alkanes) is 2. The average Bonchev–Trinajstić information content (AvgIpc) is 2.48. The van der Waals surface area contributed by atoms with E-state index in [0.29, 0.717) is 6.61 Å². The smallest absolute Gasteiger partial charge is 0.394 e. The Kier molecular flexibility index (Phi) is 9.06. The Morgan fingerprint density at radius 3 is 2.15 bits per heavy atom. The largest absolute Gasteiger partial charge is 0.427 e. The third kappa shape index (κ3) is 8.37. The van der Waals surface area contributed by atoms with Gasteiger partial charge in [-0.1, -0.05) is 86.8 Å². The summed E-state index contributed by atoms with van der Waals surface area (Å²) in [4.78, 5) is 10.2. The number of benzene rings is 1. The zero-order valence-electron chi connectivity index (χ0n) is 18.1. The molecular formula is C22H39O3P. The highest BCUT2D eigenvalue weighted by Gasteiger charge is 2.24. The minimum absolute atomic E-state index is 0.0659. The highest BCUT2D eigenvalue weighted by molar-refractivity contribution is 7.41. The zero-order chi connectivity index (χ0) is 20.0. The molecule has 150 valence electrons. The van der Waals surface area contributed by atoms with Gasteiger partial charge in [0, 0.05) is 5.56 Å². The van der Waals surface area contributed by atoms with Crippen molar-refractivity contribution in [3.05, 3.63) is 29.3 Å². The molecule has 0 amide bonds. The monoisotopic (exact) mass is 382 g/mol. The Morgan fingerprint density at radius 1 is 0.962 bits per heavy atom. The van der Waals surface area contributed by atoms with Crippen LogP contribution in [0.25, 0.3) is 0 Å². The van der Waals surface area contributed by atoms with E-state index in [4.69, 9.17) is 9.05 Å². The summed E-state index contributed by atoms with van der Waals surface area (Å²) >= 11 is 0. The van der Waals surface area contributed by atoms with Gasteiger partial charge in [-0.3, -0.25) is 0 Å². The zero-order valence-corrected chi connectivity index (χ0v) is 19.0. The molecule has 0 heterocycles. The molecule has 1 unspecified atom stereocenters. The second-order valence-corrected chi connectivity index (χ2v) is 10.5. The van der Waals surface area contributed by atoms with Crippen LogP contribution in [-0.2, 0) is 15.4 Å². The fourth-order valence-corrected chi connectivity index (χ4v) is 3.41. The maximum atomic E-state index is 10.2. The molecular weight excluding hydrogens is 343 g/mol. The van der Waals surface area contributed by atoms with Gasteiger partial charge in [-0.2, -0.15) is 0 Å². The normalized spacial score (nSPS) is 13.9. The van der Waals surface area contributed by atoms with Crippen molar-refractivity contribution in [2.45, 2.75) is 91.9 Å². The first-order chi connectivity index (χ1) is 11.9. The van der Waals surface area contributed by atoms with E-state index in [-0.39, 0.29) is 10.8 Å². The van der Waals surface area contributed by atoms with Crippen molar-refractivity contribution in [3.63, 3.8) is 0 Å². The molecule has 1 rings (SSSR count). The molecule has 3 nitrogen and oxygen atoms in total. The molecule has 4 heteroatoms. The van der Waals surface area contributed by atoms with Crippen LogP contribution in [0.5, 0.6) is 5.75 Å². The van der Waals surface area contributed by atoms with E-state index < -0.39 is 8.60 Å². The van der Waals surface area contributed by atoms with Crippen LogP contribution in [0.15, 0.2) is 18.2 Å². The number of hydrogen-bond acceptors (Lipinski definition) is 3. The first kappa shape index (κ1) is 23.4. The SMILES string of the molecule is CC(C)CCCCCOP(O)Oc1ccc(C(C)(C)C)cc1C(C)(C)C. The van der Waals surface area contributed by atoms with Crippen molar-refractivity contribution >= 4 is 8.60 Å². The average molecular weight is 383 g/mol. The molecule has 1 atom stereocenters. The molecule has 0 saturated heterocycles. The van der Waals surface area contributed by atoms with Gasteiger partial charge in [0.25, 0.3) is 0 Å². The molecule has 0 radical (unpaired) electrons. The fraction of sp³-hybridized carbons (Fsp3) is 0.727. The second-order valence-electron chi connectivity index (χ2n) is 9.62. The van der Waals surface area contributed by atoms with E-state index in [2.05, 4.69) is 67.5 Å². The lowest BCUT2D eigenvalue weighted by atomic mass is 9.80. The lowest BCUT2D eigenvalue weighted by Crippen LogP contribution is -2.17. The minimum atomic E-state index is -1.89. The maximum Gasteiger partial charge on any atom is 0.394 e. The molecule has 1 aromatic rings. The molecule has 0 spiro atoms. The van der Waals surface area contributed by atoms with Crippen LogP contribution < -0.4 is 4.52 Å². The molecule has 0 aliphatic carbocycles. The van der Waals surface area contributed by atoms with Crippen LogP contribution in [0.1, 0.15) is 92.2 Å². The van der Waals surface area contributed by atoms with Crippen LogP contribution >= 0.6 is 8.60 Å². The predicted octanol–water partition coefficient (Wildman–Crippen LogP) is 7.11. The summed E-state index contributed by atoms with van der Waals surface area (Å²) in [5.41, 5.74) is 2.38. The summed E-state index contributed by atoms with van der Waals surface area (Å²) < 4.78 is 11.3. The predicted molar refractivity (Wildman–Crippen MR) is 113 cm³/mol. The van der Waals surface area contributed by atoms with Crippen LogP contribution in [0.4, 0.5) is 0 Å². The third-order valence-electron chi connectivity index (χ3n) is 4.46. The molecule has 0 aliphatic heterocycles. The van der Waals surface area contributed by atoms with Gasteiger partial charge in [0.2, 0.25) is 0 Å². The summed E-state index contributed by atoms with van der Waals surface area (Å²) in [5, 5.41) is 0. The van der Waals surface area contributed by atoms with Crippen LogP contribution in [0.3, 0.4) is 0 Å². The van der Waals surface area contributed by atoms with Gasteiger partial charge in [0.1, 0.15) is 5.75 Å². The maximum absolute atomic E-state index is 10.2. The first-order valence-corrected chi connectivity index (χ1v) is 11.0. The van der Waals surface area contributed by atoms with E-state index in [1.165, 1.54) is 18.4 Å². The van der Waals surface area contributed by atoms with E-state index in [9.17, 15) is 4.89 Å². The molecule has 0 bridgehead atoms. The van der Waals surface area contributed by atoms with Crippen LogP contribution in [0.2, 0.25) is 0 Å².